The van der Waals surface area contributed by atoms with Gasteiger partial charge >= 0.3 is 5.97 Å². The van der Waals surface area contributed by atoms with Gasteiger partial charge in [0, 0.05) is 0 Å². The van der Waals surface area contributed by atoms with Crippen molar-refractivity contribution >= 4 is 11.7 Å². The number of nitrogens with zero attached hydrogens (tertiary/aromatic N) is 2. The van der Waals surface area contributed by atoms with Crippen LogP contribution in [0.1, 0.15) is 5.56 Å². The van der Waals surface area contributed by atoms with Crippen LogP contribution in [0, 0.1) is 11.3 Å². The summed E-state index contributed by atoms with van der Waals surface area (Å²) in [5.74, 6) is -1.40. The van der Waals surface area contributed by atoms with Gasteiger partial charge in [0.2, 0.25) is 0 Å². The number of carboxylic acids is 1. The van der Waals surface area contributed by atoms with Gasteiger partial charge in [0.25, 0.3) is 5.71 Å². The zero-order chi connectivity index (χ0) is 11.1. The summed E-state index contributed by atoms with van der Waals surface area (Å²) in [4.78, 5) is 15.1. The molecule has 1 rings (SSSR count). The Bertz CT molecular complexity index is 406. The van der Waals surface area contributed by atoms with Gasteiger partial charge < -0.3 is 9.94 Å². The fourth-order valence-corrected chi connectivity index (χ4v) is 0.853. The Kier molecular flexibility index (Phi) is 3.86. The first-order chi connectivity index (χ1) is 7.24. The van der Waals surface area contributed by atoms with Crippen molar-refractivity contribution in [3.8, 4) is 6.07 Å². The summed E-state index contributed by atoms with van der Waals surface area (Å²) in [7, 11) is 0. The maximum absolute atomic E-state index is 10.3. The second kappa shape index (κ2) is 5.40. The predicted octanol–water partition coefficient (Wildman–Crippen LogP) is 1.17. The van der Waals surface area contributed by atoms with E-state index in [-0.39, 0.29) is 6.61 Å². The topological polar surface area (TPSA) is 82.7 Å². The predicted molar refractivity (Wildman–Crippen MR) is 51.9 cm³/mol. The minimum Gasteiger partial charge on any atom is -0.476 e. The second-order valence-electron chi connectivity index (χ2n) is 2.62. The molecule has 0 atom stereocenters. The lowest BCUT2D eigenvalue weighted by molar-refractivity contribution is -0.129. The number of rotatable bonds is 4. The van der Waals surface area contributed by atoms with Crippen LogP contribution in [0.15, 0.2) is 35.5 Å². The molecule has 0 aliphatic heterocycles. The highest BCUT2D eigenvalue weighted by Crippen LogP contribution is 2.00. The van der Waals surface area contributed by atoms with Crippen molar-refractivity contribution in [2.24, 2.45) is 5.16 Å². The lowest BCUT2D eigenvalue weighted by atomic mass is 10.2. The molecule has 0 amide bonds. The molecule has 0 saturated heterocycles. The van der Waals surface area contributed by atoms with Gasteiger partial charge in [-0.15, -0.1) is 0 Å². The first kappa shape index (κ1) is 10.7. The molecule has 0 aliphatic rings. The third-order valence-electron chi connectivity index (χ3n) is 1.54. The molecule has 0 aromatic heterocycles. The number of nitriles is 1. The molecule has 0 fully saturated rings. The van der Waals surface area contributed by atoms with Crippen LogP contribution in [0.5, 0.6) is 0 Å². The molecule has 5 heteroatoms. The van der Waals surface area contributed by atoms with Gasteiger partial charge in [0.1, 0.15) is 12.7 Å². The van der Waals surface area contributed by atoms with Crippen molar-refractivity contribution in [2.75, 3.05) is 0 Å². The fraction of sp³-hybridized carbons (Fsp3) is 0.100. The van der Waals surface area contributed by atoms with Crippen molar-refractivity contribution in [2.45, 2.75) is 6.61 Å². The Morgan fingerprint density at radius 1 is 1.47 bits per heavy atom. The Balaban J connectivity index is 2.52. The van der Waals surface area contributed by atoms with Crippen LogP contribution in [0.2, 0.25) is 0 Å². The minimum absolute atomic E-state index is 0.138. The molecule has 0 radical (unpaired) electrons. The van der Waals surface area contributed by atoms with Crippen LogP contribution >= 0.6 is 0 Å². The number of hydrogen-bond donors (Lipinski definition) is 1. The average Bonchev–Trinajstić information content (AvgIpc) is 2.25. The van der Waals surface area contributed by atoms with E-state index in [1.165, 1.54) is 6.07 Å². The molecule has 0 saturated carbocycles. The summed E-state index contributed by atoms with van der Waals surface area (Å²) in [6.45, 7) is 0.138. The van der Waals surface area contributed by atoms with Gasteiger partial charge in [0.05, 0.1) is 0 Å². The van der Waals surface area contributed by atoms with Crippen LogP contribution in [0.3, 0.4) is 0 Å². The molecule has 5 nitrogen and oxygen atoms in total. The van der Waals surface area contributed by atoms with Gasteiger partial charge in [-0.2, -0.15) is 5.26 Å². The number of carbonyl (C=O) groups is 1. The van der Waals surface area contributed by atoms with Gasteiger partial charge in [-0.05, 0) is 5.56 Å². The van der Waals surface area contributed by atoms with E-state index in [4.69, 9.17) is 15.2 Å². The zero-order valence-electron chi connectivity index (χ0n) is 7.75. The third-order valence-corrected chi connectivity index (χ3v) is 1.54. The molecule has 0 unspecified atom stereocenters. The van der Waals surface area contributed by atoms with E-state index >= 15 is 0 Å². The van der Waals surface area contributed by atoms with Gasteiger partial charge in [0.15, 0.2) is 0 Å². The summed E-state index contributed by atoms with van der Waals surface area (Å²) in [6.07, 6.45) is 0. The first-order valence-electron chi connectivity index (χ1n) is 4.11. The molecule has 0 bridgehead atoms. The number of carboxylic acid groups (broad SMARTS) is 1. The minimum atomic E-state index is -1.40. The fourth-order valence-electron chi connectivity index (χ4n) is 0.853. The van der Waals surface area contributed by atoms with E-state index in [1.54, 1.807) is 0 Å². The molecule has 76 valence electrons. The quantitative estimate of drug-likeness (QED) is 0.589. The molecule has 0 spiro atoms. The molecule has 1 aromatic carbocycles. The Morgan fingerprint density at radius 2 is 2.13 bits per heavy atom. The highest BCUT2D eigenvalue weighted by atomic mass is 16.6. The first-order valence-corrected chi connectivity index (χ1v) is 4.11. The normalized spacial score (nSPS) is 10.5. The van der Waals surface area contributed by atoms with Crippen molar-refractivity contribution in [3.63, 3.8) is 0 Å². The number of hydrogen-bond acceptors (Lipinski definition) is 4. The van der Waals surface area contributed by atoms with Gasteiger partial charge in [-0.25, -0.2) is 4.79 Å². The SMILES string of the molecule is N#CC(=NOCc1ccccc1)C(=O)O. The Labute approximate surface area is 86.2 Å². The number of oxime groups is 1. The van der Waals surface area contributed by atoms with Crippen molar-refractivity contribution in [1.82, 2.24) is 0 Å². The summed E-state index contributed by atoms with van der Waals surface area (Å²) < 4.78 is 0. The van der Waals surface area contributed by atoms with E-state index in [0.29, 0.717) is 0 Å². The molecular weight excluding hydrogens is 196 g/mol. The van der Waals surface area contributed by atoms with E-state index in [1.807, 2.05) is 30.3 Å². The molecule has 15 heavy (non-hydrogen) atoms. The largest absolute Gasteiger partial charge is 0.476 e. The van der Waals surface area contributed by atoms with Gasteiger partial charge in [-0.3, -0.25) is 0 Å². The number of benzene rings is 1. The van der Waals surface area contributed by atoms with Crippen LogP contribution < -0.4 is 0 Å². The second-order valence-corrected chi connectivity index (χ2v) is 2.62. The molecular formula is C10H8N2O3. The highest BCUT2D eigenvalue weighted by Gasteiger charge is 2.07. The van der Waals surface area contributed by atoms with Crippen molar-refractivity contribution in [3.05, 3.63) is 35.9 Å². The average molecular weight is 204 g/mol. The summed E-state index contributed by atoms with van der Waals surface area (Å²) in [5.41, 5.74) is 0.190. The van der Waals surface area contributed by atoms with Crippen molar-refractivity contribution in [1.29, 1.82) is 5.26 Å². The zero-order valence-corrected chi connectivity index (χ0v) is 7.75. The standard InChI is InChI=1S/C10H8N2O3/c11-6-9(10(13)14)12-15-7-8-4-2-1-3-5-8/h1-5H,7H2,(H,13,14). The van der Waals surface area contributed by atoms with E-state index in [0.717, 1.165) is 5.56 Å². The molecule has 1 aromatic rings. The number of aliphatic carboxylic acids is 1. The third kappa shape index (κ3) is 3.48. The molecule has 0 aliphatic carbocycles. The van der Waals surface area contributed by atoms with E-state index in [2.05, 4.69) is 5.16 Å². The summed E-state index contributed by atoms with van der Waals surface area (Å²) >= 11 is 0. The van der Waals surface area contributed by atoms with Gasteiger partial charge in [-0.1, -0.05) is 35.5 Å². The lowest BCUT2D eigenvalue weighted by Gasteiger charge is -1.98. The molecule has 0 heterocycles. The maximum atomic E-state index is 10.3. The highest BCUT2D eigenvalue weighted by molar-refractivity contribution is 6.42. The lowest BCUT2D eigenvalue weighted by Crippen LogP contribution is -2.10. The van der Waals surface area contributed by atoms with Crippen LogP contribution in [0.25, 0.3) is 0 Å². The van der Waals surface area contributed by atoms with Crippen LogP contribution in [-0.4, -0.2) is 16.8 Å². The summed E-state index contributed by atoms with van der Waals surface area (Å²) in [5, 5.41) is 20.0. The smallest absolute Gasteiger partial charge is 0.369 e. The van der Waals surface area contributed by atoms with E-state index in [9.17, 15) is 4.79 Å². The van der Waals surface area contributed by atoms with Crippen molar-refractivity contribution < 1.29 is 14.7 Å². The Morgan fingerprint density at radius 3 is 2.67 bits per heavy atom. The van der Waals surface area contributed by atoms with Crippen LogP contribution in [0.4, 0.5) is 0 Å². The Hall–Kier alpha value is -2.35. The summed E-state index contributed by atoms with van der Waals surface area (Å²) in [6, 6.07) is 10.5. The maximum Gasteiger partial charge on any atom is 0.369 e. The monoisotopic (exact) mass is 204 g/mol. The molecule has 1 N–H and O–H groups in total. The van der Waals surface area contributed by atoms with Crippen LogP contribution in [-0.2, 0) is 16.2 Å². The van der Waals surface area contributed by atoms with E-state index < -0.39 is 11.7 Å².